The lowest BCUT2D eigenvalue weighted by molar-refractivity contribution is -0.118. The van der Waals surface area contributed by atoms with E-state index in [-0.39, 0.29) is 17.2 Å². The minimum atomic E-state index is -0.307. The predicted molar refractivity (Wildman–Crippen MR) is 138 cm³/mol. The number of hydrazone groups is 1. The molecular weight excluding hydrogens is 500 g/mol. The molecule has 4 aromatic rings. The first-order valence-electron chi connectivity index (χ1n) is 10.1. The summed E-state index contributed by atoms with van der Waals surface area (Å²) in [5, 5.41) is 4.95. The molecule has 1 heterocycles. The normalized spacial score (nSPS) is 11.7. The van der Waals surface area contributed by atoms with Crippen LogP contribution in [0.15, 0.2) is 104 Å². The van der Waals surface area contributed by atoms with Crippen molar-refractivity contribution >= 4 is 56.8 Å². The third kappa shape index (κ3) is 5.85. The van der Waals surface area contributed by atoms with Crippen LogP contribution in [0.1, 0.15) is 5.56 Å². The van der Waals surface area contributed by atoms with Gasteiger partial charge in [0.15, 0.2) is 5.16 Å². The quantitative estimate of drug-likeness (QED) is 0.161. The van der Waals surface area contributed by atoms with Gasteiger partial charge in [0.2, 0.25) is 0 Å². The van der Waals surface area contributed by atoms with Crippen molar-refractivity contribution in [2.45, 2.75) is 5.16 Å². The lowest BCUT2D eigenvalue weighted by atomic mass is 10.2. The summed E-state index contributed by atoms with van der Waals surface area (Å²) in [4.78, 5) is 30.2. The van der Waals surface area contributed by atoms with E-state index < -0.39 is 0 Å². The highest BCUT2D eigenvalue weighted by atomic mass is 79.9. The maximum absolute atomic E-state index is 13.2. The smallest absolute Gasteiger partial charge is 0.266 e. The topological polar surface area (TPSA) is 76.3 Å². The highest BCUT2D eigenvalue weighted by molar-refractivity contribution is 9.12. The van der Waals surface area contributed by atoms with Crippen molar-refractivity contribution in [2.24, 2.45) is 5.10 Å². The molecule has 0 aliphatic carbocycles. The number of carbonyl (C=O) groups excluding carboxylic acids is 1. The molecule has 8 heteroatoms. The third-order valence-electron chi connectivity index (χ3n) is 4.57. The molecule has 0 fully saturated rings. The number of halogens is 1. The van der Waals surface area contributed by atoms with Gasteiger partial charge in [0, 0.05) is 4.48 Å². The number of fused-ring (bicyclic) bond motifs is 1. The van der Waals surface area contributed by atoms with E-state index in [1.807, 2.05) is 78.9 Å². The predicted octanol–water partition coefficient (Wildman–Crippen LogP) is 5.02. The average Bonchev–Trinajstić information content (AvgIpc) is 2.84. The highest BCUT2D eigenvalue weighted by Gasteiger charge is 2.14. The largest absolute Gasteiger partial charge is 0.272 e. The number of hydrogen-bond donors (Lipinski definition) is 1. The molecule has 0 atom stereocenters. The van der Waals surface area contributed by atoms with E-state index >= 15 is 0 Å². The molecule has 0 aliphatic rings. The van der Waals surface area contributed by atoms with Crippen molar-refractivity contribution < 1.29 is 4.79 Å². The van der Waals surface area contributed by atoms with Crippen LogP contribution in [-0.2, 0) is 4.79 Å². The molecule has 3 aromatic carbocycles. The summed E-state index contributed by atoms with van der Waals surface area (Å²) in [6.45, 7) is 0. The van der Waals surface area contributed by atoms with Gasteiger partial charge >= 0.3 is 0 Å². The van der Waals surface area contributed by atoms with Gasteiger partial charge in [0.25, 0.3) is 11.5 Å². The molecule has 164 valence electrons. The summed E-state index contributed by atoms with van der Waals surface area (Å²) in [6, 6.07) is 26.2. The molecule has 0 saturated heterocycles. The fraction of sp³-hybridized carbons (Fsp3) is 0.0400. The van der Waals surface area contributed by atoms with Crippen molar-refractivity contribution in [2.75, 3.05) is 5.75 Å². The van der Waals surface area contributed by atoms with Crippen molar-refractivity contribution in [1.82, 2.24) is 15.0 Å². The molecule has 4 rings (SSSR count). The van der Waals surface area contributed by atoms with Crippen LogP contribution in [0, 0.1) is 0 Å². The van der Waals surface area contributed by atoms with Crippen LogP contribution in [0.4, 0.5) is 0 Å². The first-order chi connectivity index (χ1) is 16.1. The fourth-order valence-electron chi connectivity index (χ4n) is 3.09. The minimum absolute atomic E-state index is 0.0506. The number of hydrogen-bond acceptors (Lipinski definition) is 5. The van der Waals surface area contributed by atoms with Crippen molar-refractivity contribution in [3.63, 3.8) is 0 Å². The number of rotatable bonds is 7. The van der Waals surface area contributed by atoms with E-state index in [4.69, 9.17) is 0 Å². The Bertz CT molecular complexity index is 1390. The van der Waals surface area contributed by atoms with Crippen LogP contribution in [0.25, 0.3) is 22.7 Å². The molecule has 6 nitrogen and oxygen atoms in total. The zero-order valence-corrected chi connectivity index (χ0v) is 19.8. The Hall–Kier alpha value is -3.49. The summed E-state index contributed by atoms with van der Waals surface area (Å²) < 4.78 is 2.25. The molecular formula is C25H19BrN4O2S. The second-order valence-corrected chi connectivity index (χ2v) is 8.77. The molecule has 33 heavy (non-hydrogen) atoms. The number of allylic oxidation sites excluding steroid dienone is 1. The van der Waals surface area contributed by atoms with Gasteiger partial charge in [0.1, 0.15) is 0 Å². The molecule has 0 spiro atoms. The number of thioether (sulfide) groups is 1. The Kier molecular flexibility index (Phi) is 7.49. The van der Waals surface area contributed by atoms with E-state index in [1.165, 1.54) is 22.5 Å². The number of amides is 1. The number of aromatic nitrogens is 2. The maximum Gasteiger partial charge on any atom is 0.266 e. The van der Waals surface area contributed by atoms with Crippen LogP contribution in [0.2, 0.25) is 0 Å². The second kappa shape index (κ2) is 10.9. The van der Waals surface area contributed by atoms with Crippen LogP contribution in [0.5, 0.6) is 0 Å². The van der Waals surface area contributed by atoms with Crippen LogP contribution in [-0.4, -0.2) is 27.4 Å². The van der Waals surface area contributed by atoms with Gasteiger partial charge in [-0.3, -0.25) is 14.2 Å². The lowest BCUT2D eigenvalue weighted by Gasteiger charge is -2.12. The van der Waals surface area contributed by atoms with E-state index in [0.717, 1.165) is 10.0 Å². The first-order valence-corrected chi connectivity index (χ1v) is 11.8. The monoisotopic (exact) mass is 518 g/mol. The lowest BCUT2D eigenvalue weighted by Crippen LogP contribution is -2.24. The highest BCUT2D eigenvalue weighted by Crippen LogP contribution is 2.21. The molecule has 0 radical (unpaired) electrons. The van der Waals surface area contributed by atoms with Crippen molar-refractivity contribution in [3.05, 3.63) is 105 Å². The third-order valence-corrected chi connectivity index (χ3v) is 5.95. The Morgan fingerprint density at radius 3 is 2.42 bits per heavy atom. The Morgan fingerprint density at radius 1 is 1.00 bits per heavy atom. The summed E-state index contributed by atoms with van der Waals surface area (Å²) in [5.41, 5.74) is 4.62. The Morgan fingerprint density at radius 2 is 1.67 bits per heavy atom. The molecule has 0 saturated carbocycles. The molecule has 0 aliphatic heterocycles. The number of benzene rings is 3. The van der Waals surface area contributed by atoms with Gasteiger partial charge in [0.05, 0.1) is 28.6 Å². The summed E-state index contributed by atoms with van der Waals surface area (Å²) in [5.74, 6) is -0.257. The summed E-state index contributed by atoms with van der Waals surface area (Å²) >= 11 is 4.59. The van der Waals surface area contributed by atoms with E-state index in [2.05, 4.69) is 31.4 Å². The minimum Gasteiger partial charge on any atom is -0.272 e. The van der Waals surface area contributed by atoms with Gasteiger partial charge in [-0.05, 0) is 51.8 Å². The van der Waals surface area contributed by atoms with Crippen LogP contribution < -0.4 is 11.0 Å². The SMILES string of the molecule is O=C(CSc1nc2ccccc2c(=O)n1-c1ccccc1)NN=CC(Br)=Cc1ccccc1. The Balaban J connectivity index is 1.49. The number of para-hydroxylation sites is 2. The molecule has 0 bridgehead atoms. The number of nitrogens with zero attached hydrogens (tertiary/aromatic N) is 3. The van der Waals surface area contributed by atoms with Crippen LogP contribution in [0.3, 0.4) is 0 Å². The van der Waals surface area contributed by atoms with Gasteiger partial charge in [-0.25, -0.2) is 10.4 Å². The number of nitrogens with one attached hydrogen (secondary N) is 1. The molecule has 1 N–H and O–H groups in total. The summed E-state index contributed by atoms with van der Waals surface area (Å²) in [6.07, 6.45) is 3.41. The van der Waals surface area contributed by atoms with E-state index in [9.17, 15) is 9.59 Å². The van der Waals surface area contributed by atoms with Gasteiger partial charge in [-0.1, -0.05) is 72.4 Å². The van der Waals surface area contributed by atoms with Crippen molar-refractivity contribution in [3.8, 4) is 5.69 Å². The molecule has 0 unspecified atom stereocenters. The van der Waals surface area contributed by atoms with E-state index in [0.29, 0.717) is 21.7 Å². The summed E-state index contributed by atoms with van der Waals surface area (Å²) in [7, 11) is 0. The standard InChI is InChI=1S/C25H19BrN4O2S/c26-19(15-18-9-3-1-4-10-18)16-27-29-23(31)17-33-25-28-22-14-8-7-13-21(22)24(32)30(25)20-11-5-2-6-12-20/h1-16H,17H2,(H,29,31). The molecule has 1 amide bonds. The molecule has 1 aromatic heterocycles. The Labute approximate surface area is 203 Å². The fourth-order valence-corrected chi connectivity index (χ4v) is 4.26. The average molecular weight is 519 g/mol. The van der Waals surface area contributed by atoms with Crippen LogP contribution >= 0.6 is 27.7 Å². The van der Waals surface area contributed by atoms with E-state index in [1.54, 1.807) is 12.1 Å². The second-order valence-electron chi connectivity index (χ2n) is 6.91. The number of carbonyl (C=O) groups is 1. The zero-order valence-electron chi connectivity index (χ0n) is 17.4. The first kappa shape index (κ1) is 22.7. The van der Waals surface area contributed by atoms with Gasteiger partial charge in [-0.2, -0.15) is 5.10 Å². The maximum atomic E-state index is 13.2. The van der Waals surface area contributed by atoms with Gasteiger partial charge < -0.3 is 0 Å². The van der Waals surface area contributed by atoms with Crippen molar-refractivity contribution in [1.29, 1.82) is 0 Å². The van der Waals surface area contributed by atoms with Gasteiger partial charge in [-0.15, -0.1) is 0 Å². The zero-order chi connectivity index (χ0) is 23.0.